The predicted octanol–water partition coefficient (Wildman–Crippen LogP) is 3.93. The van der Waals surface area contributed by atoms with Crippen molar-refractivity contribution in [1.82, 2.24) is 9.97 Å². The number of thioether (sulfide) groups is 1. The van der Waals surface area contributed by atoms with Crippen molar-refractivity contribution in [1.29, 1.82) is 0 Å². The molecule has 30 heavy (non-hydrogen) atoms. The van der Waals surface area contributed by atoms with E-state index in [1.807, 2.05) is 37.3 Å². The molecule has 1 atom stereocenters. The molecule has 0 fully saturated rings. The second-order valence-corrected chi connectivity index (χ2v) is 9.26. The summed E-state index contributed by atoms with van der Waals surface area (Å²) in [6.45, 7) is 1.97. The monoisotopic (exact) mass is 442 g/mol. The van der Waals surface area contributed by atoms with Gasteiger partial charge in [0.25, 0.3) is 10.0 Å². The number of hydrogen-bond donors (Lipinski definition) is 2. The summed E-state index contributed by atoms with van der Waals surface area (Å²) in [5.74, 6) is 0.637. The molecule has 1 unspecified atom stereocenters. The van der Waals surface area contributed by atoms with Crippen molar-refractivity contribution in [2.45, 2.75) is 29.2 Å². The van der Waals surface area contributed by atoms with Crippen molar-refractivity contribution in [3.8, 4) is 0 Å². The summed E-state index contributed by atoms with van der Waals surface area (Å²) in [6, 6.07) is 17.6. The van der Waals surface area contributed by atoms with Gasteiger partial charge < -0.3 is 5.32 Å². The highest BCUT2D eigenvalue weighted by Gasteiger charge is 2.19. The quantitative estimate of drug-likeness (QED) is 0.521. The van der Waals surface area contributed by atoms with Crippen molar-refractivity contribution in [2.75, 3.05) is 10.0 Å². The summed E-state index contributed by atoms with van der Waals surface area (Å²) in [5.41, 5.74) is 1.70. The molecule has 2 aromatic carbocycles. The van der Waals surface area contributed by atoms with Gasteiger partial charge in [-0.2, -0.15) is 0 Å². The normalized spacial score (nSPS) is 12.2. The van der Waals surface area contributed by atoms with Crippen LogP contribution in [-0.2, 0) is 20.6 Å². The number of rotatable bonds is 9. The molecule has 0 saturated carbocycles. The zero-order valence-corrected chi connectivity index (χ0v) is 18.0. The number of amides is 1. The molecule has 3 rings (SSSR count). The second-order valence-electron chi connectivity index (χ2n) is 6.39. The zero-order chi connectivity index (χ0) is 21.4. The van der Waals surface area contributed by atoms with Gasteiger partial charge in [-0.05, 0) is 42.3 Å². The second kappa shape index (κ2) is 10.2. The van der Waals surface area contributed by atoms with Gasteiger partial charge in [0, 0.05) is 23.8 Å². The third-order valence-electron chi connectivity index (χ3n) is 4.18. The molecular weight excluding hydrogens is 420 g/mol. The van der Waals surface area contributed by atoms with Crippen LogP contribution in [0.4, 0.5) is 11.6 Å². The number of nitrogens with zero attached hydrogens (tertiary/aromatic N) is 2. The van der Waals surface area contributed by atoms with Crippen molar-refractivity contribution in [3.63, 3.8) is 0 Å². The molecular formula is C21H22N4O3S2. The summed E-state index contributed by atoms with van der Waals surface area (Å²) >= 11 is 1.58. The van der Waals surface area contributed by atoms with Crippen LogP contribution in [0.15, 0.2) is 78.0 Å². The predicted molar refractivity (Wildman–Crippen MR) is 120 cm³/mol. The maximum absolute atomic E-state index is 12.6. The Bertz CT molecular complexity index is 1060. The van der Waals surface area contributed by atoms with Gasteiger partial charge in [-0.15, -0.1) is 11.8 Å². The molecule has 9 heteroatoms. The fourth-order valence-corrected chi connectivity index (χ4v) is 4.61. The molecule has 1 aromatic heterocycles. The molecule has 0 aliphatic rings. The van der Waals surface area contributed by atoms with Crippen molar-refractivity contribution in [3.05, 3.63) is 78.6 Å². The lowest BCUT2D eigenvalue weighted by molar-refractivity contribution is -0.115. The summed E-state index contributed by atoms with van der Waals surface area (Å²) in [6.07, 6.45) is 3.59. The first-order valence-corrected chi connectivity index (χ1v) is 11.9. The maximum Gasteiger partial charge on any atom is 0.264 e. The third kappa shape index (κ3) is 6.04. The van der Waals surface area contributed by atoms with E-state index in [0.29, 0.717) is 12.1 Å². The number of aromatic nitrogens is 2. The highest BCUT2D eigenvalue weighted by Crippen LogP contribution is 2.23. The largest absolute Gasteiger partial charge is 0.325 e. The Kier molecular flexibility index (Phi) is 7.42. The summed E-state index contributed by atoms with van der Waals surface area (Å²) < 4.78 is 27.2. The van der Waals surface area contributed by atoms with E-state index in [9.17, 15) is 13.2 Å². The Morgan fingerprint density at radius 2 is 1.67 bits per heavy atom. The third-order valence-corrected chi connectivity index (χ3v) is 6.97. The standard InChI is InChI=1S/C21H22N4O3S2/c1-2-19(29-15-16-7-4-3-5-8-16)20(26)24-17-9-11-18(12-10-17)30(27,28)25-21-22-13-6-14-23-21/h3-14,19H,2,15H2,1H3,(H,24,26)(H,22,23,25). The lowest BCUT2D eigenvalue weighted by Gasteiger charge is -2.15. The lowest BCUT2D eigenvalue weighted by Crippen LogP contribution is -2.24. The van der Waals surface area contributed by atoms with E-state index in [4.69, 9.17) is 0 Å². The highest BCUT2D eigenvalue weighted by atomic mass is 32.2. The van der Waals surface area contributed by atoms with Crippen LogP contribution < -0.4 is 10.0 Å². The minimum Gasteiger partial charge on any atom is -0.325 e. The van der Waals surface area contributed by atoms with E-state index in [1.54, 1.807) is 30.0 Å². The molecule has 0 saturated heterocycles. The number of benzene rings is 2. The smallest absolute Gasteiger partial charge is 0.264 e. The molecule has 0 aliphatic heterocycles. The van der Waals surface area contributed by atoms with Crippen molar-refractivity contribution >= 4 is 39.3 Å². The number of carbonyl (C=O) groups excluding carboxylic acids is 1. The molecule has 3 aromatic rings. The molecule has 0 aliphatic carbocycles. The Morgan fingerprint density at radius 3 is 2.30 bits per heavy atom. The number of sulfonamides is 1. The Morgan fingerprint density at radius 1 is 1.00 bits per heavy atom. The van der Waals surface area contributed by atoms with Gasteiger partial charge in [-0.1, -0.05) is 37.3 Å². The summed E-state index contributed by atoms with van der Waals surface area (Å²) in [7, 11) is -3.81. The Balaban J connectivity index is 1.60. The zero-order valence-electron chi connectivity index (χ0n) is 16.4. The van der Waals surface area contributed by atoms with Gasteiger partial charge in [-0.25, -0.2) is 23.1 Å². The minimum absolute atomic E-state index is 0.00360. The lowest BCUT2D eigenvalue weighted by atomic mass is 10.2. The minimum atomic E-state index is -3.81. The van der Waals surface area contributed by atoms with Crippen LogP contribution in [-0.4, -0.2) is 29.5 Å². The highest BCUT2D eigenvalue weighted by molar-refractivity contribution is 7.99. The number of carbonyl (C=O) groups is 1. The molecule has 1 amide bonds. The first-order valence-electron chi connectivity index (χ1n) is 9.34. The van der Waals surface area contributed by atoms with Crippen LogP contribution >= 0.6 is 11.8 Å². The van der Waals surface area contributed by atoms with Gasteiger partial charge in [0.15, 0.2) is 0 Å². The van der Waals surface area contributed by atoms with Crippen molar-refractivity contribution in [2.24, 2.45) is 0 Å². The van der Waals surface area contributed by atoms with Crippen LogP contribution in [0.5, 0.6) is 0 Å². The first kappa shape index (κ1) is 21.8. The van der Waals surface area contributed by atoms with Crippen LogP contribution in [0, 0.1) is 0 Å². The van der Waals surface area contributed by atoms with Crippen molar-refractivity contribution < 1.29 is 13.2 Å². The molecule has 0 radical (unpaired) electrons. The average molecular weight is 443 g/mol. The molecule has 0 bridgehead atoms. The molecule has 7 nitrogen and oxygen atoms in total. The molecule has 2 N–H and O–H groups in total. The van der Waals surface area contributed by atoms with Crippen LogP contribution in [0.2, 0.25) is 0 Å². The molecule has 156 valence electrons. The summed E-state index contributed by atoms with van der Waals surface area (Å²) in [4.78, 5) is 20.4. The number of anilines is 2. The van der Waals surface area contributed by atoms with E-state index in [1.165, 1.54) is 30.1 Å². The van der Waals surface area contributed by atoms with E-state index >= 15 is 0 Å². The van der Waals surface area contributed by atoms with Crippen LogP contribution in [0.25, 0.3) is 0 Å². The fourth-order valence-electron chi connectivity index (χ4n) is 2.62. The number of hydrogen-bond acceptors (Lipinski definition) is 6. The maximum atomic E-state index is 12.6. The topological polar surface area (TPSA) is 101 Å². The molecule has 1 heterocycles. The summed E-state index contributed by atoms with van der Waals surface area (Å²) in [5, 5.41) is 2.65. The Hall–Kier alpha value is -2.91. The first-order chi connectivity index (χ1) is 14.5. The fraction of sp³-hybridized carbons (Fsp3) is 0.190. The van der Waals surface area contributed by atoms with Gasteiger partial charge in [0.2, 0.25) is 11.9 Å². The number of nitrogens with one attached hydrogen (secondary N) is 2. The van der Waals surface area contributed by atoms with E-state index in [0.717, 1.165) is 5.75 Å². The van der Waals surface area contributed by atoms with E-state index < -0.39 is 10.0 Å². The van der Waals surface area contributed by atoms with Gasteiger partial charge in [0.1, 0.15) is 0 Å². The van der Waals surface area contributed by atoms with Gasteiger partial charge in [0.05, 0.1) is 10.1 Å². The van der Waals surface area contributed by atoms with Gasteiger partial charge >= 0.3 is 0 Å². The Labute approximate surface area is 180 Å². The molecule has 0 spiro atoms. The average Bonchev–Trinajstić information content (AvgIpc) is 2.76. The van der Waals surface area contributed by atoms with Gasteiger partial charge in [-0.3, -0.25) is 4.79 Å². The van der Waals surface area contributed by atoms with Crippen LogP contribution in [0.1, 0.15) is 18.9 Å². The van der Waals surface area contributed by atoms with E-state index in [-0.39, 0.29) is 22.0 Å². The van der Waals surface area contributed by atoms with E-state index in [2.05, 4.69) is 20.0 Å². The SMILES string of the molecule is CCC(SCc1ccccc1)C(=O)Nc1ccc(S(=O)(=O)Nc2ncccn2)cc1. The van der Waals surface area contributed by atoms with Crippen LogP contribution in [0.3, 0.4) is 0 Å².